The maximum absolute atomic E-state index is 14.1. The third kappa shape index (κ3) is 6.00. The summed E-state index contributed by atoms with van der Waals surface area (Å²) in [6, 6.07) is 8.88. The maximum Gasteiger partial charge on any atom is 0.323 e. The number of aliphatic hydroxyl groups is 1. The molecule has 1 saturated carbocycles. The Labute approximate surface area is 183 Å². The van der Waals surface area contributed by atoms with E-state index >= 15 is 0 Å². The first-order valence-corrected chi connectivity index (χ1v) is 10.4. The summed E-state index contributed by atoms with van der Waals surface area (Å²) >= 11 is 0. The van der Waals surface area contributed by atoms with Crippen LogP contribution in [0.3, 0.4) is 0 Å². The van der Waals surface area contributed by atoms with Crippen LogP contribution in [0.25, 0.3) is 0 Å². The van der Waals surface area contributed by atoms with Crippen LogP contribution in [0.2, 0.25) is 0 Å². The largest absolute Gasteiger partial charge is 0.480 e. The Bertz CT molecular complexity index is 955. The number of rotatable bonds is 7. The van der Waals surface area contributed by atoms with Gasteiger partial charge < -0.3 is 20.4 Å². The zero-order valence-electron chi connectivity index (χ0n) is 17.3. The second kappa shape index (κ2) is 10.5. The number of carboxylic acids is 1. The van der Waals surface area contributed by atoms with E-state index in [1.165, 1.54) is 24.3 Å². The molecule has 3 rings (SSSR count). The number of aliphatic hydroxyl groups excluding tert-OH is 1. The number of hydrogen-bond donors (Lipinski definition) is 3. The lowest BCUT2D eigenvalue weighted by atomic mass is 9.98. The zero-order valence-corrected chi connectivity index (χ0v) is 17.3. The number of carbonyl (C=O) groups is 2. The van der Waals surface area contributed by atoms with Gasteiger partial charge in [0.15, 0.2) is 11.6 Å². The molecule has 0 radical (unpaired) electrons. The summed E-state index contributed by atoms with van der Waals surface area (Å²) in [5.74, 6) is -4.88. The molecule has 0 bridgehead atoms. The predicted molar refractivity (Wildman–Crippen MR) is 111 cm³/mol. The van der Waals surface area contributed by atoms with Gasteiger partial charge in [-0.1, -0.05) is 12.1 Å². The topological polar surface area (TPSA) is 89.9 Å². The van der Waals surface area contributed by atoms with Crippen molar-refractivity contribution in [2.75, 3.05) is 11.9 Å². The van der Waals surface area contributed by atoms with Crippen molar-refractivity contribution in [2.24, 2.45) is 5.92 Å². The van der Waals surface area contributed by atoms with E-state index in [2.05, 4.69) is 5.32 Å². The van der Waals surface area contributed by atoms with Gasteiger partial charge in [-0.2, -0.15) is 0 Å². The first-order valence-electron chi connectivity index (χ1n) is 10.4. The summed E-state index contributed by atoms with van der Waals surface area (Å²) in [4.78, 5) is 25.4. The van der Waals surface area contributed by atoms with Crippen LogP contribution < -0.4 is 5.32 Å². The highest BCUT2D eigenvalue weighted by atomic mass is 19.2. The van der Waals surface area contributed by atoms with Crippen molar-refractivity contribution in [3.63, 3.8) is 0 Å². The van der Waals surface area contributed by atoms with Gasteiger partial charge in [0.2, 0.25) is 5.91 Å². The minimum absolute atomic E-state index is 0.107. The molecule has 2 aromatic rings. The Morgan fingerprint density at radius 3 is 2.38 bits per heavy atom. The summed E-state index contributed by atoms with van der Waals surface area (Å²) in [7, 11) is 0. The van der Waals surface area contributed by atoms with Crippen LogP contribution in [-0.2, 0) is 16.1 Å². The van der Waals surface area contributed by atoms with Crippen LogP contribution in [0.1, 0.15) is 31.2 Å². The third-order valence-corrected chi connectivity index (χ3v) is 5.68. The van der Waals surface area contributed by atoms with Crippen LogP contribution in [0.15, 0.2) is 42.5 Å². The zero-order chi connectivity index (χ0) is 23.3. The van der Waals surface area contributed by atoms with E-state index in [0.29, 0.717) is 31.4 Å². The quantitative estimate of drug-likeness (QED) is 0.562. The number of aliphatic carboxylic acids is 1. The van der Waals surface area contributed by atoms with Crippen molar-refractivity contribution < 1.29 is 33.0 Å². The number of benzene rings is 2. The fourth-order valence-corrected chi connectivity index (χ4v) is 3.98. The number of anilines is 1. The first-order chi connectivity index (χ1) is 15.2. The van der Waals surface area contributed by atoms with E-state index in [9.17, 15) is 33.0 Å². The third-order valence-electron chi connectivity index (χ3n) is 5.68. The molecule has 1 aliphatic carbocycles. The Hall–Kier alpha value is -3.07. The van der Waals surface area contributed by atoms with Crippen LogP contribution in [0, 0.1) is 23.4 Å². The molecule has 1 aliphatic rings. The number of carboxylic acid groups (broad SMARTS) is 1. The Morgan fingerprint density at radius 1 is 1.00 bits per heavy atom. The lowest BCUT2D eigenvalue weighted by Crippen LogP contribution is -2.39. The number of nitrogens with zero attached hydrogens (tertiary/aromatic N) is 1. The SMILES string of the molecule is O=C(O)CN(Cc1cccc(F)c1F)C(=O)[C@@H]1CC[C@H](Nc2ccc(F)cc2)[C@@H](O)CC1. The molecule has 0 spiro atoms. The maximum atomic E-state index is 14.1. The number of carbonyl (C=O) groups excluding carboxylic acids is 1. The summed E-state index contributed by atoms with van der Waals surface area (Å²) in [5, 5.41) is 22.9. The average Bonchev–Trinajstić information content (AvgIpc) is 2.93. The fourth-order valence-electron chi connectivity index (χ4n) is 3.98. The lowest BCUT2D eigenvalue weighted by Gasteiger charge is -2.26. The van der Waals surface area contributed by atoms with Crippen molar-refractivity contribution >= 4 is 17.6 Å². The highest BCUT2D eigenvalue weighted by Gasteiger charge is 2.32. The number of nitrogens with one attached hydrogen (secondary N) is 1. The van der Waals surface area contributed by atoms with Crippen molar-refractivity contribution in [1.29, 1.82) is 0 Å². The molecule has 0 heterocycles. The van der Waals surface area contributed by atoms with Crippen LogP contribution in [0.4, 0.5) is 18.9 Å². The molecule has 0 unspecified atom stereocenters. The van der Waals surface area contributed by atoms with Crippen LogP contribution in [0.5, 0.6) is 0 Å². The van der Waals surface area contributed by atoms with Crippen molar-refractivity contribution in [3.05, 3.63) is 65.5 Å². The molecule has 32 heavy (non-hydrogen) atoms. The van der Waals surface area contributed by atoms with Crippen molar-refractivity contribution in [2.45, 2.75) is 44.4 Å². The second-order valence-corrected chi connectivity index (χ2v) is 7.98. The Kier molecular flexibility index (Phi) is 7.74. The minimum Gasteiger partial charge on any atom is -0.480 e. The highest BCUT2D eigenvalue weighted by molar-refractivity contribution is 5.83. The molecule has 172 valence electrons. The van der Waals surface area contributed by atoms with Gasteiger partial charge in [0.1, 0.15) is 12.4 Å². The van der Waals surface area contributed by atoms with Gasteiger partial charge in [-0.05, 0) is 56.0 Å². The summed E-state index contributed by atoms with van der Waals surface area (Å²) in [5.41, 5.74) is 0.526. The van der Waals surface area contributed by atoms with Crippen molar-refractivity contribution in [3.8, 4) is 0 Å². The number of halogens is 3. The fraction of sp³-hybridized carbons (Fsp3) is 0.391. The molecule has 2 aromatic carbocycles. The molecule has 1 amide bonds. The van der Waals surface area contributed by atoms with Crippen LogP contribution >= 0.6 is 0 Å². The molecule has 6 nitrogen and oxygen atoms in total. The molecular weight excluding hydrogens is 425 g/mol. The van der Waals surface area contributed by atoms with Gasteiger partial charge in [-0.3, -0.25) is 9.59 Å². The van der Waals surface area contributed by atoms with Crippen molar-refractivity contribution in [1.82, 2.24) is 4.90 Å². The van der Waals surface area contributed by atoms with Gasteiger partial charge in [0.25, 0.3) is 0 Å². The van der Waals surface area contributed by atoms with E-state index < -0.39 is 42.1 Å². The van der Waals surface area contributed by atoms with Gasteiger partial charge in [-0.15, -0.1) is 0 Å². The first kappa shape index (κ1) is 23.6. The normalized spacial score (nSPS) is 20.9. The predicted octanol–water partition coefficient (Wildman–Crippen LogP) is 3.55. The molecular formula is C23H25F3N2O4. The molecule has 0 saturated heterocycles. The smallest absolute Gasteiger partial charge is 0.323 e. The van der Waals surface area contributed by atoms with E-state index in [0.717, 1.165) is 11.0 Å². The Morgan fingerprint density at radius 2 is 1.69 bits per heavy atom. The number of hydrogen-bond acceptors (Lipinski definition) is 4. The van der Waals surface area contributed by atoms with E-state index in [4.69, 9.17) is 0 Å². The molecule has 9 heteroatoms. The van der Waals surface area contributed by atoms with E-state index in [-0.39, 0.29) is 24.0 Å². The van der Waals surface area contributed by atoms with E-state index in [1.54, 1.807) is 12.1 Å². The van der Waals surface area contributed by atoms with Gasteiger partial charge >= 0.3 is 5.97 Å². The van der Waals surface area contributed by atoms with Gasteiger partial charge in [0.05, 0.1) is 12.1 Å². The number of amides is 1. The van der Waals surface area contributed by atoms with Gasteiger partial charge in [-0.25, -0.2) is 13.2 Å². The Balaban J connectivity index is 1.70. The minimum atomic E-state index is -1.26. The summed E-state index contributed by atoms with van der Waals surface area (Å²) in [6.07, 6.45) is 0.653. The standard InChI is InChI=1S/C23H25F3N2O4/c24-16-6-8-17(9-7-16)27-19-10-4-14(5-11-20(19)29)23(32)28(13-21(30)31)12-15-2-1-3-18(25)22(15)26/h1-3,6-9,14,19-20,27,29H,4-5,10-13H2,(H,30,31)/t14-,19+,20+/m1/s1. The van der Waals surface area contributed by atoms with Gasteiger partial charge in [0, 0.05) is 23.7 Å². The molecule has 3 N–H and O–H groups in total. The lowest BCUT2D eigenvalue weighted by molar-refractivity contribution is -0.147. The molecule has 3 atom stereocenters. The summed E-state index contributed by atoms with van der Waals surface area (Å²) < 4.78 is 40.7. The monoisotopic (exact) mass is 450 g/mol. The molecule has 0 aliphatic heterocycles. The molecule has 1 fully saturated rings. The highest BCUT2D eigenvalue weighted by Crippen LogP contribution is 2.28. The average molecular weight is 450 g/mol. The summed E-state index contributed by atoms with van der Waals surface area (Å²) in [6.45, 7) is -1.02. The second-order valence-electron chi connectivity index (χ2n) is 7.98. The van der Waals surface area contributed by atoms with Crippen LogP contribution in [-0.4, -0.2) is 45.7 Å². The van der Waals surface area contributed by atoms with E-state index in [1.807, 2.05) is 0 Å². The molecule has 0 aromatic heterocycles.